The van der Waals surface area contributed by atoms with Crippen molar-refractivity contribution in [3.63, 3.8) is 0 Å². The number of hydrogen-bond donors (Lipinski definition) is 5. The average Bonchev–Trinajstić information content (AvgIpc) is 4.16. The summed E-state index contributed by atoms with van der Waals surface area (Å²) in [6.07, 6.45) is 6.95. The van der Waals surface area contributed by atoms with Crippen LogP contribution >= 0.6 is 11.3 Å². The first-order valence-electron chi connectivity index (χ1n) is 27.2. The molecule has 3 saturated heterocycles. The van der Waals surface area contributed by atoms with Gasteiger partial charge in [0.05, 0.1) is 41.0 Å². The summed E-state index contributed by atoms with van der Waals surface area (Å²) in [6.45, 7) is 21.1. The highest BCUT2D eigenvalue weighted by molar-refractivity contribution is 7.13. The van der Waals surface area contributed by atoms with Gasteiger partial charge in [0.2, 0.25) is 23.7 Å². The number of nitrogens with zero attached hydrogens (tertiary/aromatic N) is 10. The van der Waals surface area contributed by atoms with Crippen molar-refractivity contribution in [3.8, 4) is 16.3 Å². The molecule has 78 heavy (non-hydrogen) atoms. The fourth-order valence-corrected chi connectivity index (χ4v) is 12.6. The van der Waals surface area contributed by atoms with Crippen LogP contribution in [0.25, 0.3) is 27.3 Å². The zero-order chi connectivity index (χ0) is 55.1. The molecule has 3 atom stereocenters. The minimum Gasteiger partial charge on any atom is -0.391 e. The number of aromatic nitrogens is 6. The number of aliphatic hydroxyl groups excluding tert-OH is 1. The third-order valence-electron chi connectivity index (χ3n) is 16.1. The Balaban J connectivity index is 0.673. The van der Waals surface area contributed by atoms with Crippen molar-refractivity contribution in [2.24, 2.45) is 10.8 Å². The first-order chi connectivity index (χ1) is 37.3. The lowest BCUT2D eigenvalue weighted by Gasteiger charge is -2.55. The van der Waals surface area contributed by atoms with Crippen molar-refractivity contribution in [2.45, 2.75) is 117 Å². The van der Waals surface area contributed by atoms with Crippen LogP contribution in [0.3, 0.4) is 0 Å². The van der Waals surface area contributed by atoms with Crippen molar-refractivity contribution >= 4 is 57.4 Å². The van der Waals surface area contributed by atoms with Crippen LogP contribution in [0.1, 0.15) is 83.7 Å². The Morgan fingerprint density at radius 2 is 1.65 bits per heavy atom. The maximum Gasteiger partial charge on any atom is 0.278 e. The van der Waals surface area contributed by atoms with Gasteiger partial charge >= 0.3 is 0 Å². The SMILES string of the molecule is C=CCn1c(=O)c2cnc(Nc3ccc(N4CCN(C5CCC6(CC5)CN(CC(=O)N[C@H](C(=O)N5C[C@H](O)C[C@H]5C(=O)NCc5ccc(-c7scnc7C)cc5)C(C)(C)C)C6)CC4)cc3)nc2n1-c1cccc(C(C)(C)O)n1. The van der Waals surface area contributed by atoms with E-state index in [1.807, 2.05) is 69.6 Å². The van der Waals surface area contributed by atoms with Gasteiger partial charge in [-0.15, -0.1) is 17.9 Å². The van der Waals surface area contributed by atoms with Gasteiger partial charge in [0.1, 0.15) is 23.1 Å². The van der Waals surface area contributed by atoms with Gasteiger partial charge in [-0.05, 0) is 105 Å². The van der Waals surface area contributed by atoms with Crippen molar-refractivity contribution in [1.82, 2.24) is 54.6 Å². The van der Waals surface area contributed by atoms with E-state index < -0.39 is 29.2 Å². The highest BCUT2D eigenvalue weighted by atomic mass is 32.1. The largest absolute Gasteiger partial charge is 0.391 e. The molecule has 412 valence electrons. The minimum absolute atomic E-state index is 0.0275. The molecule has 10 rings (SSSR count). The number of β-amino-alcohol motifs (C(OH)–C–C–N with tert-alkyl or cyclic N) is 1. The number of hydrogen-bond acceptors (Lipinski definition) is 15. The Labute approximate surface area is 459 Å². The van der Waals surface area contributed by atoms with Gasteiger partial charge < -0.3 is 36.0 Å². The number of nitrogens with one attached hydrogen (secondary N) is 3. The van der Waals surface area contributed by atoms with E-state index in [9.17, 15) is 29.4 Å². The number of anilines is 3. The zero-order valence-electron chi connectivity index (χ0n) is 45.6. The number of allylic oxidation sites excluding steroid dienone is 1. The minimum atomic E-state index is -1.18. The summed E-state index contributed by atoms with van der Waals surface area (Å²) in [5.41, 5.74) is 5.69. The fraction of sp³-hybridized carbons (Fsp3) is 0.483. The molecule has 5 N–H and O–H groups in total. The van der Waals surface area contributed by atoms with Crippen molar-refractivity contribution in [2.75, 3.05) is 62.6 Å². The summed E-state index contributed by atoms with van der Waals surface area (Å²) in [7, 11) is 0. The van der Waals surface area contributed by atoms with Crippen LogP contribution in [0.4, 0.5) is 17.3 Å². The molecule has 0 unspecified atom stereocenters. The summed E-state index contributed by atoms with van der Waals surface area (Å²) in [5, 5.41) is 31.1. The fourth-order valence-electron chi connectivity index (χ4n) is 11.8. The van der Waals surface area contributed by atoms with Crippen LogP contribution in [-0.4, -0.2) is 149 Å². The quantitative estimate of drug-likeness (QED) is 0.0731. The molecule has 1 aliphatic carbocycles. The summed E-state index contributed by atoms with van der Waals surface area (Å²) in [4.78, 5) is 83.1. The van der Waals surface area contributed by atoms with Crippen LogP contribution in [0.15, 0.2) is 95.9 Å². The lowest BCUT2D eigenvalue weighted by molar-refractivity contribution is -0.144. The monoisotopic (exact) mass is 1080 g/mol. The second kappa shape index (κ2) is 22.1. The molecule has 20 heteroatoms. The smallest absolute Gasteiger partial charge is 0.278 e. The number of aliphatic hydroxyl groups is 2. The van der Waals surface area contributed by atoms with E-state index in [-0.39, 0.29) is 61.3 Å². The van der Waals surface area contributed by atoms with Gasteiger partial charge in [0, 0.05) is 82.4 Å². The Bertz CT molecular complexity index is 3210. The van der Waals surface area contributed by atoms with E-state index in [0.29, 0.717) is 34.5 Å². The lowest BCUT2D eigenvalue weighted by Crippen LogP contribution is -2.63. The van der Waals surface area contributed by atoms with Crippen molar-refractivity contribution < 1.29 is 24.6 Å². The molecule has 3 aliphatic heterocycles. The number of rotatable bonds is 16. The lowest BCUT2D eigenvalue weighted by atomic mass is 9.67. The molecule has 0 radical (unpaired) electrons. The number of pyridine rings is 1. The maximum atomic E-state index is 14.3. The van der Waals surface area contributed by atoms with E-state index in [0.717, 1.165) is 98.0 Å². The Hall–Kier alpha value is -6.84. The molecule has 1 spiro atoms. The third kappa shape index (κ3) is 11.6. The molecule has 4 aromatic heterocycles. The summed E-state index contributed by atoms with van der Waals surface area (Å²) >= 11 is 1.59. The third-order valence-corrected chi connectivity index (χ3v) is 17.1. The molecule has 2 aromatic carbocycles. The molecule has 0 bridgehead atoms. The summed E-state index contributed by atoms with van der Waals surface area (Å²) in [5.74, 6) is -0.136. The highest BCUT2D eigenvalue weighted by Crippen LogP contribution is 2.45. The number of piperazine rings is 1. The number of likely N-dealkylation sites (tertiary alicyclic amines) is 2. The molecule has 1 saturated carbocycles. The number of thiazole rings is 1. The Kier molecular flexibility index (Phi) is 15.5. The molecule has 3 amide bonds. The van der Waals surface area contributed by atoms with E-state index in [4.69, 9.17) is 4.98 Å². The number of aryl methyl sites for hydroxylation is 1. The number of amides is 3. The Morgan fingerprint density at radius 3 is 2.31 bits per heavy atom. The van der Waals surface area contributed by atoms with E-state index in [2.05, 4.69) is 64.3 Å². The second-order valence-electron chi connectivity index (χ2n) is 23.4. The normalized spacial score (nSPS) is 19.7. The molecule has 19 nitrogen and oxygen atoms in total. The molecule has 4 fully saturated rings. The predicted molar refractivity (Wildman–Crippen MR) is 303 cm³/mol. The molecule has 6 aromatic rings. The highest BCUT2D eigenvalue weighted by Gasteiger charge is 2.48. The number of carbonyl (C=O) groups is 3. The Morgan fingerprint density at radius 1 is 0.936 bits per heavy atom. The van der Waals surface area contributed by atoms with Gasteiger partial charge in [0.25, 0.3) is 5.56 Å². The molecular weight excluding hydrogens is 1010 g/mol. The topological polar surface area (TPSA) is 219 Å². The standard InChI is InChI=1S/C58H73N13O6S/c1-8-24-70-53(75)44-31-60-55(65-51(44)71(70)47-11-9-10-46(63-47)57(6,7)77)62-40-16-18-41(19-17-40)67-25-27-68(28-26-67)42-20-22-58(23-21-42)34-66(35-58)33-48(73)64-50(56(3,4)5)54(76)69-32-43(72)29-45(69)52(74)59-30-38-12-14-39(15-13-38)49-37(2)61-36-78-49/h8-19,31,36,42-43,45,50,72,77H,1,20-30,32-35H2,2-7H3,(H,59,74)(H,64,73)(H,60,62,65)/t43-,45+,50-/m1/s1. The van der Waals surface area contributed by atoms with Gasteiger partial charge in [-0.3, -0.25) is 29.0 Å². The zero-order valence-corrected chi connectivity index (χ0v) is 46.4. The first-order valence-corrected chi connectivity index (χ1v) is 28.1. The van der Waals surface area contributed by atoms with Crippen molar-refractivity contribution in [3.05, 3.63) is 118 Å². The van der Waals surface area contributed by atoms with E-state index >= 15 is 0 Å². The second-order valence-corrected chi connectivity index (χ2v) is 24.2. The number of fused-ring (bicyclic) bond motifs is 1. The summed E-state index contributed by atoms with van der Waals surface area (Å²) in [6, 6.07) is 20.3. The van der Waals surface area contributed by atoms with Gasteiger partial charge in [-0.1, -0.05) is 57.2 Å². The average molecular weight is 1080 g/mol. The summed E-state index contributed by atoms with van der Waals surface area (Å²) < 4.78 is 3.15. The van der Waals surface area contributed by atoms with Crippen LogP contribution in [-0.2, 0) is 33.1 Å². The predicted octanol–water partition coefficient (Wildman–Crippen LogP) is 5.74. The van der Waals surface area contributed by atoms with E-state index in [1.54, 1.807) is 54.1 Å². The maximum absolute atomic E-state index is 14.3. The van der Waals surface area contributed by atoms with Crippen LogP contribution in [0.2, 0.25) is 0 Å². The molecule has 4 aliphatic rings. The van der Waals surface area contributed by atoms with Crippen LogP contribution < -0.4 is 26.4 Å². The molecule has 7 heterocycles. The first kappa shape index (κ1) is 54.5. The van der Waals surface area contributed by atoms with Crippen LogP contribution in [0.5, 0.6) is 0 Å². The van der Waals surface area contributed by atoms with Gasteiger partial charge in [0.15, 0.2) is 11.5 Å². The van der Waals surface area contributed by atoms with Crippen molar-refractivity contribution in [1.29, 1.82) is 0 Å². The van der Waals surface area contributed by atoms with Crippen LogP contribution in [0, 0.1) is 17.8 Å². The van der Waals surface area contributed by atoms with Gasteiger partial charge in [-0.2, -0.15) is 4.98 Å². The van der Waals surface area contributed by atoms with E-state index in [1.165, 1.54) is 15.8 Å². The number of carbonyl (C=O) groups excluding carboxylic acids is 3. The molecular formula is C58H73N13O6S. The van der Waals surface area contributed by atoms with Gasteiger partial charge in [-0.25, -0.2) is 24.3 Å². The number of benzene rings is 2.